The van der Waals surface area contributed by atoms with Gasteiger partial charge in [-0.2, -0.15) is 0 Å². The fourth-order valence-electron chi connectivity index (χ4n) is 6.38. The molecule has 2 nitrogen and oxygen atoms in total. The molecule has 0 bridgehead atoms. The van der Waals surface area contributed by atoms with Gasteiger partial charge in [0.1, 0.15) is 0 Å². The van der Waals surface area contributed by atoms with Gasteiger partial charge in [0, 0.05) is 5.41 Å². The fraction of sp³-hybridized carbons (Fsp3) is 0.731. The zero-order valence-electron chi connectivity index (χ0n) is 18.2. The van der Waals surface area contributed by atoms with Gasteiger partial charge in [0.05, 0.1) is 12.5 Å². The average molecular weight is 383 g/mol. The van der Waals surface area contributed by atoms with Crippen LogP contribution in [-0.2, 0) is 9.53 Å². The van der Waals surface area contributed by atoms with Gasteiger partial charge in [0.2, 0.25) is 0 Å². The summed E-state index contributed by atoms with van der Waals surface area (Å²) in [6.45, 7) is 7.69. The summed E-state index contributed by atoms with van der Waals surface area (Å²) in [6.07, 6.45) is 18.9. The molecule has 4 aliphatic rings. The molecule has 0 saturated carbocycles. The maximum atomic E-state index is 13.2. The minimum Gasteiger partial charge on any atom is -0.465 e. The van der Waals surface area contributed by atoms with Crippen molar-refractivity contribution in [2.24, 2.45) is 16.7 Å². The van der Waals surface area contributed by atoms with Crippen LogP contribution in [0.25, 0.3) is 0 Å². The molecular weight excluding hydrogens is 344 g/mol. The van der Waals surface area contributed by atoms with Gasteiger partial charge in [-0.1, -0.05) is 63.3 Å². The monoisotopic (exact) mass is 382 g/mol. The molecule has 0 aromatic carbocycles. The first-order valence-electron chi connectivity index (χ1n) is 11.8. The highest BCUT2D eigenvalue weighted by atomic mass is 16.5. The number of rotatable bonds is 6. The maximum Gasteiger partial charge on any atom is 0.313 e. The summed E-state index contributed by atoms with van der Waals surface area (Å²) in [5.74, 6) is -0.0304. The smallest absolute Gasteiger partial charge is 0.313 e. The predicted molar refractivity (Wildman–Crippen MR) is 115 cm³/mol. The number of carbonyl (C=O) groups excluding carboxylic acids is 1. The quantitative estimate of drug-likeness (QED) is 0.279. The van der Waals surface area contributed by atoms with Gasteiger partial charge in [0.15, 0.2) is 0 Å². The standard InChI is InChI=1S/C26H38O2/c1-4-5-6-9-17-28-24(27)20-18-19-11-7-8-15-26(19,3)22-13-16-25(2)14-10-12-21(25)23(20)22/h11-12,20H,4-10,13-18H2,1-3H3/t20-,25+,26+/m1/s1. The van der Waals surface area contributed by atoms with E-state index in [0.29, 0.717) is 6.61 Å². The first kappa shape index (κ1) is 20.0. The fourth-order valence-corrected chi connectivity index (χ4v) is 6.38. The molecular formula is C26H38O2. The van der Waals surface area contributed by atoms with Crippen LogP contribution in [0.5, 0.6) is 0 Å². The van der Waals surface area contributed by atoms with E-state index in [9.17, 15) is 4.79 Å². The van der Waals surface area contributed by atoms with Crippen molar-refractivity contribution in [2.75, 3.05) is 6.61 Å². The third-order valence-electron chi connectivity index (χ3n) is 8.18. The summed E-state index contributed by atoms with van der Waals surface area (Å²) in [6, 6.07) is 0. The molecule has 0 fully saturated rings. The topological polar surface area (TPSA) is 26.3 Å². The van der Waals surface area contributed by atoms with Crippen molar-refractivity contribution < 1.29 is 9.53 Å². The third-order valence-corrected chi connectivity index (χ3v) is 8.18. The SMILES string of the molecule is CCCCCCOC(=O)[C@@H]1CC2=CCCC[C@]2(C)C2=C1C1=CCC[C@@]1(C)CC2. The predicted octanol–water partition coefficient (Wildman–Crippen LogP) is 7.06. The molecule has 0 unspecified atom stereocenters. The molecule has 0 aliphatic heterocycles. The molecule has 2 heteroatoms. The molecule has 4 rings (SSSR count). The van der Waals surface area contributed by atoms with Gasteiger partial charge in [-0.3, -0.25) is 4.79 Å². The largest absolute Gasteiger partial charge is 0.465 e. The molecule has 4 aliphatic carbocycles. The molecule has 0 N–H and O–H groups in total. The lowest BCUT2D eigenvalue weighted by Gasteiger charge is -2.50. The van der Waals surface area contributed by atoms with E-state index in [2.05, 4.69) is 32.9 Å². The van der Waals surface area contributed by atoms with Crippen molar-refractivity contribution in [1.82, 2.24) is 0 Å². The van der Waals surface area contributed by atoms with E-state index in [4.69, 9.17) is 4.74 Å². The highest BCUT2D eigenvalue weighted by Crippen LogP contribution is 2.62. The van der Waals surface area contributed by atoms with Crippen LogP contribution in [0.15, 0.2) is 34.4 Å². The molecule has 0 spiro atoms. The van der Waals surface area contributed by atoms with E-state index in [0.717, 1.165) is 25.7 Å². The van der Waals surface area contributed by atoms with Crippen LogP contribution < -0.4 is 0 Å². The van der Waals surface area contributed by atoms with E-state index >= 15 is 0 Å². The zero-order chi connectivity index (χ0) is 19.8. The number of esters is 1. The Labute approximate surface area is 171 Å². The lowest BCUT2D eigenvalue weighted by atomic mass is 9.54. The first-order valence-corrected chi connectivity index (χ1v) is 11.8. The van der Waals surface area contributed by atoms with Crippen LogP contribution in [0.3, 0.4) is 0 Å². The molecule has 0 radical (unpaired) electrons. The molecule has 0 heterocycles. The highest BCUT2D eigenvalue weighted by molar-refractivity contribution is 5.80. The van der Waals surface area contributed by atoms with Crippen molar-refractivity contribution in [2.45, 2.75) is 97.8 Å². The number of hydrogen-bond donors (Lipinski definition) is 0. The molecule has 28 heavy (non-hydrogen) atoms. The Balaban J connectivity index is 1.64. The van der Waals surface area contributed by atoms with Gasteiger partial charge in [-0.25, -0.2) is 0 Å². The van der Waals surface area contributed by atoms with Crippen molar-refractivity contribution in [3.8, 4) is 0 Å². The second-order valence-electron chi connectivity index (χ2n) is 10.0. The molecule has 0 saturated heterocycles. The molecule has 3 atom stereocenters. The van der Waals surface area contributed by atoms with Crippen LogP contribution in [0.4, 0.5) is 0 Å². The van der Waals surface area contributed by atoms with Crippen LogP contribution in [-0.4, -0.2) is 12.6 Å². The molecule has 154 valence electrons. The average Bonchev–Trinajstić information content (AvgIpc) is 3.08. The summed E-state index contributed by atoms with van der Waals surface area (Å²) in [5.41, 5.74) is 6.50. The van der Waals surface area contributed by atoms with E-state index in [-0.39, 0.29) is 22.7 Å². The minimum absolute atomic E-state index is 0.0366. The second kappa shape index (κ2) is 7.84. The van der Waals surface area contributed by atoms with Crippen LogP contribution >= 0.6 is 0 Å². The Morgan fingerprint density at radius 2 is 1.96 bits per heavy atom. The van der Waals surface area contributed by atoms with Gasteiger partial charge in [-0.05, 0) is 74.3 Å². The van der Waals surface area contributed by atoms with Gasteiger partial charge < -0.3 is 4.74 Å². The lowest BCUT2D eigenvalue weighted by Crippen LogP contribution is -2.40. The summed E-state index contributed by atoms with van der Waals surface area (Å²) in [4.78, 5) is 13.2. The van der Waals surface area contributed by atoms with Gasteiger partial charge in [-0.15, -0.1) is 0 Å². The van der Waals surface area contributed by atoms with Gasteiger partial charge in [0.25, 0.3) is 0 Å². The number of allylic oxidation sites excluding steroid dienone is 5. The number of hydrogen-bond acceptors (Lipinski definition) is 2. The van der Waals surface area contributed by atoms with E-state index in [1.807, 2.05) is 0 Å². The maximum absolute atomic E-state index is 13.2. The number of carbonyl (C=O) groups is 1. The van der Waals surface area contributed by atoms with Crippen molar-refractivity contribution >= 4 is 5.97 Å². The Hall–Kier alpha value is -1.31. The summed E-state index contributed by atoms with van der Waals surface area (Å²) in [5, 5.41) is 0. The molecule has 0 aromatic rings. The van der Waals surface area contributed by atoms with Crippen LogP contribution in [0.1, 0.15) is 97.8 Å². The van der Waals surface area contributed by atoms with Gasteiger partial charge >= 0.3 is 5.97 Å². The Bertz CT molecular complexity index is 725. The number of ether oxygens (including phenoxy) is 1. The van der Waals surface area contributed by atoms with E-state index in [1.54, 1.807) is 5.57 Å². The number of unbranched alkanes of at least 4 members (excludes halogenated alkanes) is 3. The van der Waals surface area contributed by atoms with Crippen LogP contribution in [0.2, 0.25) is 0 Å². The Morgan fingerprint density at radius 1 is 1.11 bits per heavy atom. The summed E-state index contributed by atoms with van der Waals surface area (Å²) >= 11 is 0. The van der Waals surface area contributed by atoms with Crippen LogP contribution in [0, 0.1) is 16.7 Å². The number of fused-ring (bicyclic) bond motifs is 4. The molecule has 0 amide bonds. The summed E-state index contributed by atoms with van der Waals surface area (Å²) < 4.78 is 5.84. The Morgan fingerprint density at radius 3 is 2.79 bits per heavy atom. The van der Waals surface area contributed by atoms with Crippen molar-refractivity contribution in [3.05, 3.63) is 34.4 Å². The van der Waals surface area contributed by atoms with Crippen molar-refractivity contribution in [3.63, 3.8) is 0 Å². The van der Waals surface area contributed by atoms with E-state index < -0.39 is 0 Å². The highest BCUT2D eigenvalue weighted by Gasteiger charge is 2.51. The van der Waals surface area contributed by atoms with E-state index in [1.165, 1.54) is 68.1 Å². The second-order valence-corrected chi connectivity index (χ2v) is 10.0. The first-order chi connectivity index (χ1) is 13.5. The Kier molecular flexibility index (Phi) is 5.60. The lowest BCUT2D eigenvalue weighted by molar-refractivity contribution is -0.147. The normalized spacial score (nSPS) is 34.2. The van der Waals surface area contributed by atoms with Crippen molar-refractivity contribution in [1.29, 1.82) is 0 Å². The zero-order valence-corrected chi connectivity index (χ0v) is 18.2. The third kappa shape index (κ3) is 3.31. The minimum atomic E-state index is -0.0671. The molecule has 0 aromatic heterocycles. The summed E-state index contributed by atoms with van der Waals surface area (Å²) in [7, 11) is 0.